The maximum absolute atomic E-state index is 11.8. The second kappa shape index (κ2) is 5.49. The molecule has 1 atom stereocenters. The van der Waals surface area contributed by atoms with Crippen molar-refractivity contribution in [1.29, 1.82) is 0 Å². The fourth-order valence-corrected chi connectivity index (χ4v) is 2.62. The maximum Gasteiger partial charge on any atom is 0.331 e. The molecule has 18 heavy (non-hydrogen) atoms. The van der Waals surface area contributed by atoms with E-state index in [1.165, 1.54) is 0 Å². The van der Waals surface area contributed by atoms with E-state index in [0.717, 1.165) is 4.88 Å². The Labute approximate surface area is 109 Å². The number of carboxylic acid groups (broad SMARTS) is 1. The number of carbonyl (C=O) groups excluding carboxylic acids is 1. The number of carbonyl (C=O) groups is 2. The molecule has 0 bridgehead atoms. The zero-order chi connectivity index (χ0) is 13.0. The first-order valence-corrected chi connectivity index (χ1v) is 6.65. The first-order valence-electron chi connectivity index (χ1n) is 5.77. The second-order valence-electron chi connectivity index (χ2n) is 4.32. The molecule has 0 aromatic carbocycles. The highest BCUT2D eigenvalue weighted by Crippen LogP contribution is 2.19. The molecule has 2 heterocycles. The van der Waals surface area contributed by atoms with Crippen LogP contribution in [0.15, 0.2) is 17.5 Å². The molecule has 1 saturated heterocycles. The van der Waals surface area contributed by atoms with Crippen LogP contribution >= 0.6 is 11.3 Å². The van der Waals surface area contributed by atoms with E-state index in [0.29, 0.717) is 25.9 Å². The fraction of sp³-hybridized carbons (Fsp3) is 0.500. The van der Waals surface area contributed by atoms with Crippen LogP contribution < -0.4 is 5.32 Å². The molecule has 98 valence electrons. The van der Waals surface area contributed by atoms with E-state index < -0.39 is 11.5 Å². The Morgan fingerprint density at radius 3 is 2.94 bits per heavy atom. The Morgan fingerprint density at radius 1 is 1.56 bits per heavy atom. The molecule has 1 aromatic rings. The lowest BCUT2D eigenvalue weighted by Gasteiger charge is -2.23. The Bertz CT molecular complexity index is 423. The highest BCUT2D eigenvalue weighted by Gasteiger charge is 2.43. The molecule has 1 fully saturated rings. The monoisotopic (exact) mass is 269 g/mol. The lowest BCUT2D eigenvalue weighted by Crippen LogP contribution is -2.55. The van der Waals surface area contributed by atoms with Gasteiger partial charge in [0.2, 0.25) is 5.91 Å². The largest absolute Gasteiger partial charge is 0.479 e. The summed E-state index contributed by atoms with van der Waals surface area (Å²) in [4.78, 5) is 24.1. The normalized spacial score (nSPS) is 22.9. The summed E-state index contributed by atoms with van der Waals surface area (Å²) in [6.45, 7) is 0.421. The van der Waals surface area contributed by atoms with Crippen molar-refractivity contribution in [1.82, 2.24) is 5.32 Å². The number of carboxylic acids is 1. The van der Waals surface area contributed by atoms with E-state index in [-0.39, 0.29) is 12.5 Å². The molecule has 0 spiro atoms. The van der Waals surface area contributed by atoms with Crippen LogP contribution in [0.5, 0.6) is 0 Å². The van der Waals surface area contributed by atoms with Crippen LogP contribution in [0, 0.1) is 0 Å². The molecule has 1 aliphatic heterocycles. The molecular formula is C12H15NO4S. The number of aryl methyl sites for hydroxylation is 1. The Balaban J connectivity index is 1.88. The lowest BCUT2D eigenvalue weighted by atomic mass is 9.98. The second-order valence-corrected chi connectivity index (χ2v) is 5.35. The van der Waals surface area contributed by atoms with Crippen LogP contribution in [0.3, 0.4) is 0 Å². The first kappa shape index (κ1) is 13.0. The van der Waals surface area contributed by atoms with Gasteiger partial charge in [0.15, 0.2) is 5.54 Å². The van der Waals surface area contributed by atoms with Gasteiger partial charge >= 0.3 is 5.97 Å². The highest BCUT2D eigenvalue weighted by molar-refractivity contribution is 7.09. The van der Waals surface area contributed by atoms with Gasteiger partial charge in [-0.15, -0.1) is 11.3 Å². The topological polar surface area (TPSA) is 75.6 Å². The van der Waals surface area contributed by atoms with Crippen molar-refractivity contribution in [3.8, 4) is 0 Å². The predicted molar refractivity (Wildman–Crippen MR) is 66.6 cm³/mol. The van der Waals surface area contributed by atoms with Gasteiger partial charge in [-0.05, 0) is 17.9 Å². The number of amides is 1. The number of hydrogen-bond donors (Lipinski definition) is 2. The summed E-state index contributed by atoms with van der Waals surface area (Å²) in [6.07, 6.45) is 1.27. The average molecular weight is 269 g/mol. The fourth-order valence-electron chi connectivity index (χ4n) is 1.91. The average Bonchev–Trinajstić information content (AvgIpc) is 2.97. The number of thiophene rings is 1. The third-order valence-corrected chi connectivity index (χ3v) is 3.92. The third kappa shape index (κ3) is 2.88. The molecule has 1 amide bonds. The molecular weight excluding hydrogens is 254 g/mol. The van der Waals surface area contributed by atoms with Crippen molar-refractivity contribution in [2.24, 2.45) is 0 Å². The van der Waals surface area contributed by atoms with Crippen LogP contribution in [0.4, 0.5) is 0 Å². The van der Waals surface area contributed by atoms with Crippen molar-refractivity contribution in [3.05, 3.63) is 22.4 Å². The molecule has 2 N–H and O–H groups in total. The first-order chi connectivity index (χ1) is 8.62. The van der Waals surface area contributed by atoms with Crippen LogP contribution in [-0.4, -0.2) is 35.7 Å². The van der Waals surface area contributed by atoms with Gasteiger partial charge in [-0.2, -0.15) is 0 Å². The predicted octanol–water partition coefficient (Wildman–Crippen LogP) is 1.04. The SMILES string of the molecule is O=C(CCc1cccs1)NC1(C(=O)O)CCOC1. The molecule has 6 heteroatoms. The Kier molecular flexibility index (Phi) is 3.98. The molecule has 0 aliphatic carbocycles. The van der Waals surface area contributed by atoms with Crippen molar-refractivity contribution >= 4 is 23.2 Å². The van der Waals surface area contributed by atoms with Crippen LogP contribution in [0.2, 0.25) is 0 Å². The van der Waals surface area contributed by atoms with Gasteiger partial charge in [-0.1, -0.05) is 6.07 Å². The minimum Gasteiger partial charge on any atom is -0.479 e. The van der Waals surface area contributed by atoms with Gasteiger partial charge in [0.05, 0.1) is 6.61 Å². The van der Waals surface area contributed by atoms with Gasteiger partial charge < -0.3 is 15.2 Å². The minimum atomic E-state index is -1.23. The number of ether oxygens (including phenoxy) is 1. The summed E-state index contributed by atoms with van der Waals surface area (Å²) in [5, 5.41) is 13.7. The van der Waals surface area contributed by atoms with E-state index in [9.17, 15) is 14.7 Å². The molecule has 5 nitrogen and oxygen atoms in total. The number of nitrogens with one attached hydrogen (secondary N) is 1. The van der Waals surface area contributed by atoms with Crippen molar-refractivity contribution in [2.75, 3.05) is 13.2 Å². The summed E-state index contributed by atoms with van der Waals surface area (Å²) in [7, 11) is 0. The van der Waals surface area contributed by atoms with E-state index in [1.54, 1.807) is 11.3 Å². The number of aliphatic carboxylic acids is 1. The van der Waals surface area contributed by atoms with Crippen molar-refractivity contribution < 1.29 is 19.4 Å². The molecule has 1 unspecified atom stereocenters. The molecule has 1 aliphatic rings. The molecule has 0 saturated carbocycles. The lowest BCUT2D eigenvalue weighted by molar-refractivity contribution is -0.147. The van der Waals surface area contributed by atoms with E-state index in [1.807, 2.05) is 17.5 Å². The Hall–Kier alpha value is -1.40. The van der Waals surface area contributed by atoms with Crippen LogP contribution in [-0.2, 0) is 20.7 Å². The summed E-state index contributed by atoms with van der Waals surface area (Å²) in [5.41, 5.74) is -1.23. The summed E-state index contributed by atoms with van der Waals surface area (Å²) >= 11 is 1.59. The van der Waals surface area contributed by atoms with Crippen LogP contribution in [0.25, 0.3) is 0 Å². The van der Waals surface area contributed by atoms with E-state index in [2.05, 4.69) is 5.32 Å². The van der Waals surface area contributed by atoms with E-state index >= 15 is 0 Å². The highest BCUT2D eigenvalue weighted by atomic mass is 32.1. The van der Waals surface area contributed by atoms with Crippen molar-refractivity contribution in [3.63, 3.8) is 0 Å². The van der Waals surface area contributed by atoms with Gasteiger partial charge in [0.25, 0.3) is 0 Å². The van der Waals surface area contributed by atoms with Gasteiger partial charge in [0.1, 0.15) is 0 Å². The van der Waals surface area contributed by atoms with Gasteiger partial charge in [-0.25, -0.2) is 4.79 Å². The smallest absolute Gasteiger partial charge is 0.331 e. The van der Waals surface area contributed by atoms with Crippen molar-refractivity contribution in [2.45, 2.75) is 24.8 Å². The molecule has 2 rings (SSSR count). The standard InChI is InChI=1S/C12H15NO4S/c14-10(4-3-9-2-1-7-18-9)13-12(11(15)16)5-6-17-8-12/h1-2,7H,3-6,8H2,(H,13,14)(H,15,16). The van der Waals surface area contributed by atoms with Gasteiger partial charge in [0, 0.05) is 24.3 Å². The Morgan fingerprint density at radius 2 is 2.39 bits per heavy atom. The van der Waals surface area contributed by atoms with Gasteiger partial charge in [-0.3, -0.25) is 4.79 Å². The zero-order valence-electron chi connectivity index (χ0n) is 9.85. The third-order valence-electron chi connectivity index (χ3n) is 2.99. The quantitative estimate of drug-likeness (QED) is 0.837. The summed E-state index contributed by atoms with van der Waals surface area (Å²) in [6, 6.07) is 3.89. The van der Waals surface area contributed by atoms with E-state index in [4.69, 9.17) is 4.74 Å². The summed E-state index contributed by atoms with van der Waals surface area (Å²) in [5.74, 6) is -1.26. The maximum atomic E-state index is 11.8. The minimum absolute atomic E-state index is 0.0487. The molecule has 1 aromatic heterocycles. The number of rotatable bonds is 5. The zero-order valence-corrected chi connectivity index (χ0v) is 10.7. The van der Waals surface area contributed by atoms with Crippen LogP contribution in [0.1, 0.15) is 17.7 Å². The number of hydrogen-bond acceptors (Lipinski definition) is 4. The molecule has 0 radical (unpaired) electrons. The summed E-state index contributed by atoms with van der Waals surface area (Å²) < 4.78 is 5.08.